The normalized spacial score (nSPS) is 12.9. The Labute approximate surface area is 412 Å². The molecule has 0 aliphatic rings. The minimum absolute atomic E-state index is 0.0891. The van der Waals surface area contributed by atoms with E-state index in [0.29, 0.717) is 19.3 Å². The van der Waals surface area contributed by atoms with Gasteiger partial charge < -0.3 is 14.2 Å². The van der Waals surface area contributed by atoms with Gasteiger partial charge in [0.25, 0.3) is 0 Å². The first-order valence-corrected chi connectivity index (χ1v) is 27.4. The maximum atomic E-state index is 12.8. The van der Waals surface area contributed by atoms with E-state index in [0.717, 1.165) is 103 Å². The van der Waals surface area contributed by atoms with Crippen molar-refractivity contribution < 1.29 is 28.6 Å². The number of carbonyl (C=O) groups excluding carboxylic acids is 3. The van der Waals surface area contributed by atoms with Crippen LogP contribution in [0.15, 0.2) is 109 Å². The van der Waals surface area contributed by atoms with Crippen LogP contribution in [0, 0.1) is 0 Å². The quantitative estimate of drug-likeness (QED) is 0.0262. The molecule has 0 heterocycles. The molecule has 0 fully saturated rings. The summed E-state index contributed by atoms with van der Waals surface area (Å²) in [5, 5.41) is 0. The number of ether oxygens (including phenoxy) is 3. The van der Waals surface area contributed by atoms with Gasteiger partial charge in [0.05, 0.1) is 6.42 Å². The lowest BCUT2D eigenvalue weighted by Gasteiger charge is -2.18. The average molecular weight is 929 g/mol. The van der Waals surface area contributed by atoms with Crippen LogP contribution >= 0.6 is 0 Å². The van der Waals surface area contributed by atoms with Gasteiger partial charge in [0, 0.05) is 12.8 Å². The first kappa shape index (κ1) is 63.1. The number of rotatable bonds is 48. The molecule has 0 spiro atoms. The van der Waals surface area contributed by atoms with Crippen LogP contribution in [-0.4, -0.2) is 37.2 Å². The lowest BCUT2D eigenvalue weighted by atomic mass is 10.1. The molecule has 0 radical (unpaired) electrons. The smallest absolute Gasteiger partial charge is 0.310 e. The van der Waals surface area contributed by atoms with Gasteiger partial charge in [-0.25, -0.2) is 0 Å². The summed E-state index contributed by atoms with van der Waals surface area (Å²) < 4.78 is 16.7. The summed E-state index contributed by atoms with van der Waals surface area (Å²) in [5.41, 5.74) is 0. The van der Waals surface area contributed by atoms with Gasteiger partial charge in [0.1, 0.15) is 13.2 Å². The molecule has 1 atom stereocenters. The Kier molecular flexibility index (Phi) is 51.5. The number of hydrogen-bond acceptors (Lipinski definition) is 6. The van der Waals surface area contributed by atoms with Gasteiger partial charge >= 0.3 is 17.9 Å². The fourth-order valence-corrected chi connectivity index (χ4v) is 7.17. The van der Waals surface area contributed by atoms with Crippen molar-refractivity contribution in [3.8, 4) is 0 Å². The van der Waals surface area contributed by atoms with Crippen molar-refractivity contribution in [2.24, 2.45) is 0 Å². The molecule has 0 aromatic carbocycles. The Morgan fingerprint density at radius 2 is 0.627 bits per heavy atom. The molecule has 0 saturated heterocycles. The summed E-state index contributed by atoms with van der Waals surface area (Å²) in [6.45, 7) is 6.38. The van der Waals surface area contributed by atoms with Crippen LogP contribution in [0.1, 0.15) is 239 Å². The van der Waals surface area contributed by atoms with Gasteiger partial charge in [-0.1, -0.05) is 220 Å². The minimum Gasteiger partial charge on any atom is -0.462 e. The maximum Gasteiger partial charge on any atom is 0.310 e. The Balaban J connectivity index is 4.53. The number of unbranched alkanes of at least 4 members (excludes halogenated alkanes) is 20. The molecular formula is C61H100O6. The highest BCUT2D eigenvalue weighted by Crippen LogP contribution is 2.13. The summed E-state index contributed by atoms with van der Waals surface area (Å²) in [5.74, 6) is -1.08. The maximum absolute atomic E-state index is 12.8. The molecule has 0 rings (SSSR count). The van der Waals surface area contributed by atoms with E-state index in [-0.39, 0.29) is 31.6 Å². The molecule has 0 amide bonds. The predicted molar refractivity (Wildman–Crippen MR) is 288 cm³/mol. The Bertz CT molecular complexity index is 1390. The lowest BCUT2D eigenvalue weighted by molar-refractivity contribution is -0.166. The van der Waals surface area contributed by atoms with Crippen LogP contribution < -0.4 is 0 Å². The Morgan fingerprint density at radius 1 is 0.328 bits per heavy atom. The molecule has 0 bridgehead atoms. The third-order valence-electron chi connectivity index (χ3n) is 11.3. The van der Waals surface area contributed by atoms with Gasteiger partial charge in [-0.15, -0.1) is 0 Å². The third-order valence-corrected chi connectivity index (χ3v) is 11.3. The zero-order valence-electron chi connectivity index (χ0n) is 43.4. The highest BCUT2D eigenvalue weighted by Gasteiger charge is 2.19. The standard InChI is InChI=1S/C61H100O6/c1-4-7-10-13-16-19-22-25-28-29-30-31-34-36-39-42-45-48-51-54-60(63)66-57-58(67-61(64)55-52-49-46-43-40-37-33-27-24-21-18-15-12-9-6-3)56-65-59(62)53-50-47-44-41-38-35-32-26-23-20-17-14-11-8-5-2/h9,12,16,18-19,21,25-28,30-33,40,43,49,52,58H,4-8,10-11,13-15,17,20,22-24,29,34-39,41-42,44-48,50-51,53-57H2,1-3H3/b12-9-,19-16-,21-18-,28-25-,31-30-,32-26-,33-27-,43-40-,52-49-. The van der Waals surface area contributed by atoms with Crippen LogP contribution in [0.4, 0.5) is 0 Å². The number of esters is 3. The molecule has 6 nitrogen and oxygen atoms in total. The lowest BCUT2D eigenvalue weighted by Crippen LogP contribution is -2.30. The van der Waals surface area contributed by atoms with Crippen molar-refractivity contribution in [1.82, 2.24) is 0 Å². The van der Waals surface area contributed by atoms with Crippen molar-refractivity contribution in [2.75, 3.05) is 13.2 Å². The molecule has 67 heavy (non-hydrogen) atoms. The summed E-state index contributed by atoms with van der Waals surface area (Å²) in [4.78, 5) is 38.0. The fourth-order valence-electron chi connectivity index (χ4n) is 7.17. The van der Waals surface area contributed by atoms with Crippen LogP contribution in [-0.2, 0) is 28.6 Å². The molecule has 0 aromatic rings. The molecule has 0 aromatic heterocycles. The molecule has 0 aliphatic carbocycles. The molecule has 0 saturated carbocycles. The van der Waals surface area contributed by atoms with Gasteiger partial charge in [0.15, 0.2) is 6.10 Å². The second-order valence-electron chi connectivity index (χ2n) is 17.8. The summed E-state index contributed by atoms with van der Waals surface area (Å²) in [6, 6.07) is 0. The van der Waals surface area contributed by atoms with Crippen LogP contribution in [0.5, 0.6) is 0 Å². The van der Waals surface area contributed by atoms with E-state index < -0.39 is 12.1 Å². The molecule has 6 heteroatoms. The molecule has 380 valence electrons. The Morgan fingerprint density at radius 3 is 1.03 bits per heavy atom. The summed E-state index contributed by atoms with van der Waals surface area (Å²) >= 11 is 0. The first-order chi connectivity index (χ1) is 33.0. The van der Waals surface area contributed by atoms with Crippen molar-refractivity contribution in [3.05, 3.63) is 109 Å². The van der Waals surface area contributed by atoms with E-state index in [1.165, 1.54) is 89.9 Å². The van der Waals surface area contributed by atoms with Crippen LogP contribution in [0.2, 0.25) is 0 Å². The molecule has 1 unspecified atom stereocenters. The SMILES string of the molecule is CC/C=C\C/C=C\C/C=C\C/C=C\C/C=C\CC(=O)OC(COC(=O)CCCCCCC/C=C\CCCCCCCC)COC(=O)CCCCCCCC/C=C\C/C=C\C/C=C\CCCCC. The minimum atomic E-state index is -0.843. The summed E-state index contributed by atoms with van der Waals surface area (Å²) in [7, 11) is 0. The predicted octanol–water partition coefficient (Wildman–Crippen LogP) is 18.3. The first-order valence-electron chi connectivity index (χ1n) is 27.4. The highest BCUT2D eigenvalue weighted by atomic mass is 16.6. The number of allylic oxidation sites excluding steroid dienone is 17. The van der Waals surface area contributed by atoms with Crippen LogP contribution in [0.25, 0.3) is 0 Å². The molecule has 0 aliphatic heterocycles. The molecular weight excluding hydrogens is 829 g/mol. The summed E-state index contributed by atoms with van der Waals surface area (Å²) in [6.07, 6.45) is 73.8. The van der Waals surface area contributed by atoms with Crippen molar-refractivity contribution in [2.45, 2.75) is 245 Å². The highest BCUT2D eigenvalue weighted by molar-refractivity contribution is 5.72. The van der Waals surface area contributed by atoms with Gasteiger partial charge in [-0.3, -0.25) is 14.4 Å². The van der Waals surface area contributed by atoms with Crippen molar-refractivity contribution in [3.63, 3.8) is 0 Å². The van der Waals surface area contributed by atoms with Crippen LogP contribution in [0.3, 0.4) is 0 Å². The zero-order valence-corrected chi connectivity index (χ0v) is 43.4. The second-order valence-corrected chi connectivity index (χ2v) is 17.8. The van der Waals surface area contributed by atoms with Crippen molar-refractivity contribution in [1.29, 1.82) is 0 Å². The van der Waals surface area contributed by atoms with E-state index in [9.17, 15) is 14.4 Å². The van der Waals surface area contributed by atoms with E-state index in [4.69, 9.17) is 14.2 Å². The van der Waals surface area contributed by atoms with Gasteiger partial charge in [-0.05, 0) is 109 Å². The monoisotopic (exact) mass is 929 g/mol. The second kappa shape index (κ2) is 54.7. The largest absolute Gasteiger partial charge is 0.462 e. The fraction of sp³-hybridized carbons (Fsp3) is 0.656. The van der Waals surface area contributed by atoms with Gasteiger partial charge in [0.2, 0.25) is 0 Å². The number of carbonyl (C=O) groups is 3. The van der Waals surface area contributed by atoms with E-state index >= 15 is 0 Å². The third kappa shape index (κ3) is 52.9. The zero-order chi connectivity index (χ0) is 48.6. The van der Waals surface area contributed by atoms with E-state index in [1.807, 2.05) is 6.08 Å². The topological polar surface area (TPSA) is 78.9 Å². The van der Waals surface area contributed by atoms with E-state index in [1.54, 1.807) is 6.08 Å². The molecule has 0 N–H and O–H groups in total. The van der Waals surface area contributed by atoms with Gasteiger partial charge in [-0.2, -0.15) is 0 Å². The van der Waals surface area contributed by atoms with E-state index in [2.05, 4.69) is 118 Å². The van der Waals surface area contributed by atoms with Crippen molar-refractivity contribution >= 4 is 17.9 Å². The Hall–Kier alpha value is -3.93. The average Bonchev–Trinajstić information content (AvgIpc) is 3.33. The number of hydrogen-bond donors (Lipinski definition) is 0.